The van der Waals surface area contributed by atoms with Crippen LogP contribution in [0.3, 0.4) is 0 Å². The minimum Gasteiger partial charge on any atom is -0.515 e. The number of aliphatic hydroxyl groups is 1. The van der Waals surface area contributed by atoms with E-state index in [9.17, 15) is 4.79 Å². The first-order chi connectivity index (χ1) is 5.16. The summed E-state index contributed by atoms with van der Waals surface area (Å²) in [6, 6.07) is 0. The Kier molecular flexibility index (Phi) is 2.32. The van der Waals surface area contributed by atoms with Crippen LogP contribution in [-0.4, -0.2) is 10.9 Å². The minimum absolute atomic E-state index is 0.141. The van der Waals surface area contributed by atoms with Crippen molar-refractivity contribution in [3.05, 3.63) is 11.8 Å². The van der Waals surface area contributed by atoms with Gasteiger partial charge in [0.05, 0.1) is 6.26 Å². The van der Waals surface area contributed by atoms with Crippen LogP contribution in [0.25, 0.3) is 0 Å². The van der Waals surface area contributed by atoms with Crippen LogP contribution in [0.4, 0.5) is 0 Å². The normalized spacial score (nSPS) is 28.8. The monoisotopic (exact) mass is 154 g/mol. The molecule has 0 bridgehead atoms. The predicted octanol–water partition coefficient (Wildman–Crippen LogP) is 2.06. The van der Waals surface area contributed by atoms with Gasteiger partial charge in [0.15, 0.2) is 5.78 Å². The minimum atomic E-state index is 0.141. The summed E-state index contributed by atoms with van der Waals surface area (Å²) >= 11 is 0. The van der Waals surface area contributed by atoms with Crippen molar-refractivity contribution in [2.45, 2.75) is 26.7 Å². The molecule has 1 unspecified atom stereocenters. The Morgan fingerprint density at radius 1 is 1.64 bits per heavy atom. The van der Waals surface area contributed by atoms with Gasteiger partial charge in [0.25, 0.3) is 0 Å². The molecule has 0 aromatic heterocycles. The Hall–Kier alpha value is -0.790. The smallest absolute Gasteiger partial charge is 0.165 e. The molecule has 2 heteroatoms. The highest BCUT2D eigenvalue weighted by molar-refractivity contribution is 5.99. The van der Waals surface area contributed by atoms with E-state index in [1.807, 2.05) is 13.8 Å². The zero-order valence-electron chi connectivity index (χ0n) is 7.00. The Balaban J connectivity index is 2.71. The molecular formula is C9H14O2. The van der Waals surface area contributed by atoms with Gasteiger partial charge in [0.2, 0.25) is 0 Å². The zero-order valence-corrected chi connectivity index (χ0v) is 7.00. The van der Waals surface area contributed by atoms with Crippen molar-refractivity contribution in [1.82, 2.24) is 0 Å². The Morgan fingerprint density at radius 2 is 2.27 bits per heavy atom. The van der Waals surface area contributed by atoms with E-state index in [4.69, 9.17) is 5.11 Å². The van der Waals surface area contributed by atoms with Gasteiger partial charge in [-0.3, -0.25) is 4.79 Å². The third kappa shape index (κ3) is 1.44. The molecule has 1 atom stereocenters. The molecule has 1 aliphatic rings. The maximum absolute atomic E-state index is 11.3. The number of carbonyl (C=O) groups is 1. The van der Waals surface area contributed by atoms with Crippen molar-refractivity contribution in [2.24, 2.45) is 11.8 Å². The van der Waals surface area contributed by atoms with E-state index < -0.39 is 0 Å². The maximum atomic E-state index is 11.3. The summed E-state index contributed by atoms with van der Waals surface area (Å²) in [4.78, 5) is 11.3. The summed E-state index contributed by atoms with van der Waals surface area (Å²) in [5.41, 5.74) is 0.601. The molecule has 1 N–H and O–H groups in total. The van der Waals surface area contributed by atoms with Crippen molar-refractivity contribution in [1.29, 1.82) is 0 Å². The third-order valence-corrected chi connectivity index (χ3v) is 2.34. The van der Waals surface area contributed by atoms with Crippen LogP contribution in [0.5, 0.6) is 0 Å². The van der Waals surface area contributed by atoms with Gasteiger partial charge in [-0.2, -0.15) is 0 Å². The first-order valence-corrected chi connectivity index (χ1v) is 4.04. The van der Waals surface area contributed by atoms with Crippen molar-refractivity contribution >= 4 is 5.78 Å². The second-order valence-electron chi connectivity index (χ2n) is 3.41. The third-order valence-electron chi connectivity index (χ3n) is 2.34. The molecule has 0 radical (unpaired) electrons. The Bertz CT molecular complexity index is 192. The van der Waals surface area contributed by atoms with Gasteiger partial charge in [0.1, 0.15) is 0 Å². The lowest BCUT2D eigenvalue weighted by Crippen LogP contribution is -2.13. The van der Waals surface area contributed by atoms with Crippen molar-refractivity contribution in [3.8, 4) is 0 Å². The van der Waals surface area contributed by atoms with Crippen LogP contribution in [0.2, 0.25) is 0 Å². The molecular weight excluding hydrogens is 140 g/mol. The molecule has 1 saturated carbocycles. The van der Waals surface area contributed by atoms with Crippen LogP contribution < -0.4 is 0 Å². The van der Waals surface area contributed by atoms with Gasteiger partial charge in [-0.25, -0.2) is 0 Å². The molecule has 0 heterocycles. The van der Waals surface area contributed by atoms with E-state index in [-0.39, 0.29) is 11.7 Å². The van der Waals surface area contributed by atoms with E-state index >= 15 is 0 Å². The lowest BCUT2D eigenvalue weighted by atomic mass is 9.93. The molecule has 0 spiro atoms. The van der Waals surface area contributed by atoms with Crippen LogP contribution in [0, 0.1) is 11.8 Å². The lowest BCUT2D eigenvalue weighted by Gasteiger charge is -2.10. The van der Waals surface area contributed by atoms with Crippen LogP contribution >= 0.6 is 0 Å². The highest BCUT2D eigenvalue weighted by Gasteiger charge is 2.31. The van der Waals surface area contributed by atoms with Crippen LogP contribution in [-0.2, 0) is 4.79 Å². The Labute approximate surface area is 66.9 Å². The van der Waals surface area contributed by atoms with Crippen molar-refractivity contribution in [3.63, 3.8) is 0 Å². The quantitative estimate of drug-likeness (QED) is 0.463. The standard InChI is InChI=1S/C9H14O2/c1-6(2)8-4-3-7(5-10)9(8)11/h5-6,8,10H,3-4H2,1-2H3/b7-5+. The van der Waals surface area contributed by atoms with E-state index in [2.05, 4.69) is 0 Å². The van der Waals surface area contributed by atoms with Gasteiger partial charge < -0.3 is 5.11 Å². The molecule has 1 rings (SSSR count). The second-order valence-corrected chi connectivity index (χ2v) is 3.41. The summed E-state index contributed by atoms with van der Waals surface area (Å²) in [7, 11) is 0. The summed E-state index contributed by atoms with van der Waals surface area (Å²) in [5, 5.41) is 8.65. The van der Waals surface area contributed by atoms with Gasteiger partial charge in [-0.1, -0.05) is 13.8 Å². The molecule has 0 aromatic carbocycles. The van der Waals surface area contributed by atoms with E-state index in [0.717, 1.165) is 19.1 Å². The van der Waals surface area contributed by atoms with E-state index in [1.165, 1.54) is 0 Å². The summed E-state index contributed by atoms with van der Waals surface area (Å²) in [6.45, 7) is 4.09. The molecule has 11 heavy (non-hydrogen) atoms. The van der Waals surface area contributed by atoms with Crippen molar-refractivity contribution in [2.75, 3.05) is 0 Å². The molecule has 1 fully saturated rings. The first kappa shape index (κ1) is 8.31. The molecule has 62 valence electrons. The number of carbonyl (C=O) groups excluding carboxylic acids is 1. The van der Waals surface area contributed by atoms with E-state index in [1.54, 1.807) is 0 Å². The topological polar surface area (TPSA) is 37.3 Å². The fourth-order valence-corrected chi connectivity index (χ4v) is 1.57. The van der Waals surface area contributed by atoms with Gasteiger partial charge in [-0.05, 0) is 18.8 Å². The summed E-state index contributed by atoms with van der Waals surface area (Å²) in [5.74, 6) is 0.691. The van der Waals surface area contributed by atoms with Gasteiger partial charge >= 0.3 is 0 Å². The number of rotatable bonds is 1. The second kappa shape index (κ2) is 3.07. The van der Waals surface area contributed by atoms with E-state index in [0.29, 0.717) is 11.5 Å². The number of aliphatic hydroxyl groups excluding tert-OH is 1. The summed E-state index contributed by atoms with van der Waals surface area (Å²) in [6.07, 6.45) is 2.62. The molecule has 1 aliphatic carbocycles. The number of Topliss-reactive ketones (excluding diaryl/α,β-unsaturated/α-hetero) is 1. The average molecular weight is 154 g/mol. The van der Waals surface area contributed by atoms with Gasteiger partial charge in [0, 0.05) is 11.5 Å². The maximum Gasteiger partial charge on any atom is 0.165 e. The highest BCUT2D eigenvalue weighted by Crippen LogP contribution is 2.31. The number of hydrogen-bond donors (Lipinski definition) is 1. The SMILES string of the molecule is CC(C)C1CC/C(=C\O)C1=O. The fourth-order valence-electron chi connectivity index (χ4n) is 1.57. The summed E-state index contributed by atoms with van der Waals surface area (Å²) < 4.78 is 0. The number of allylic oxidation sites excluding steroid dienone is 1. The van der Waals surface area contributed by atoms with Crippen LogP contribution in [0.15, 0.2) is 11.8 Å². The molecule has 0 aliphatic heterocycles. The largest absolute Gasteiger partial charge is 0.515 e. The lowest BCUT2D eigenvalue weighted by molar-refractivity contribution is -0.118. The van der Waals surface area contributed by atoms with Crippen LogP contribution in [0.1, 0.15) is 26.7 Å². The average Bonchev–Trinajstić information content (AvgIpc) is 2.30. The zero-order chi connectivity index (χ0) is 8.43. The fraction of sp³-hybridized carbons (Fsp3) is 0.667. The number of hydrogen-bond acceptors (Lipinski definition) is 2. The molecule has 2 nitrogen and oxygen atoms in total. The Morgan fingerprint density at radius 3 is 2.55 bits per heavy atom. The highest BCUT2D eigenvalue weighted by atomic mass is 16.2. The predicted molar refractivity (Wildman–Crippen MR) is 43.3 cm³/mol. The first-order valence-electron chi connectivity index (χ1n) is 4.04. The molecule has 0 amide bonds. The molecule has 0 saturated heterocycles. The molecule has 0 aromatic rings. The number of ketones is 1. The van der Waals surface area contributed by atoms with Crippen molar-refractivity contribution < 1.29 is 9.90 Å². The van der Waals surface area contributed by atoms with Gasteiger partial charge in [-0.15, -0.1) is 0 Å².